The molecule has 1 aromatic rings. The van der Waals surface area contributed by atoms with E-state index in [1.165, 1.54) is 6.07 Å². The van der Waals surface area contributed by atoms with Crippen molar-refractivity contribution in [1.29, 1.82) is 5.26 Å². The normalized spacial score (nSPS) is 10.1. The molecule has 0 saturated heterocycles. The quantitative estimate of drug-likeness (QED) is 0.800. The molecule has 0 unspecified atom stereocenters. The van der Waals surface area contributed by atoms with Gasteiger partial charge in [-0.25, -0.2) is 4.79 Å². The minimum absolute atomic E-state index is 0.0907. The maximum Gasteiger partial charge on any atom is 0.339 e. The molecule has 0 atom stereocenters. The van der Waals surface area contributed by atoms with Gasteiger partial charge in [-0.1, -0.05) is 13.8 Å². The number of aryl methyl sites for hydroxylation is 1. The van der Waals surface area contributed by atoms with Crippen LogP contribution in [0.4, 0.5) is 0 Å². The highest BCUT2D eigenvalue weighted by atomic mass is 16.5. The van der Waals surface area contributed by atoms with E-state index < -0.39 is 11.5 Å². The van der Waals surface area contributed by atoms with Gasteiger partial charge in [-0.3, -0.25) is 4.79 Å². The number of H-pyrrole nitrogens is 1. The van der Waals surface area contributed by atoms with Gasteiger partial charge < -0.3 is 9.72 Å². The number of hydrogen-bond acceptors (Lipinski definition) is 4. The Morgan fingerprint density at radius 2 is 2.24 bits per heavy atom. The third kappa shape index (κ3) is 3.18. The summed E-state index contributed by atoms with van der Waals surface area (Å²) in [5, 5.41) is 8.71. The second-order valence-corrected chi connectivity index (χ2v) is 4.15. The minimum Gasteiger partial charge on any atom is -0.462 e. The molecule has 90 valence electrons. The molecule has 5 heteroatoms. The Labute approximate surface area is 99.0 Å². The fourth-order valence-corrected chi connectivity index (χ4v) is 1.24. The molecule has 0 amide bonds. The fraction of sp³-hybridized carbons (Fsp3) is 0.417. The molecular weight excluding hydrogens is 220 g/mol. The number of nitrogens with one attached hydrogen (secondary N) is 1. The van der Waals surface area contributed by atoms with Gasteiger partial charge in [0.1, 0.15) is 11.6 Å². The van der Waals surface area contributed by atoms with Gasteiger partial charge in [0.2, 0.25) is 0 Å². The lowest BCUT2D eigenvalue weighted by atomic mass is 10.1. The molecule has 17 heavy (non-hydrogen) atoms. The van der Waals surface area contributed by atoms with Crippen LogP contribution in [0.15, 0.2) is 10.9 Å². The molecule has 0 saturated carbocycles. The summed E-state index contributed by atoms with van der Waals surface area (Å²) >= 11 is 0. The van der Waals surface area contributed by atoms with E-state index in [0.717, 1.165) is 0 Å². The molecule has 0 spiro atoms. The summed E-state index contributed by atoms with van der Waals surface area (Å²) in [6.07, 6.45) is 0. The number of carbonyl (C=O) groups is 1. The molecule has 5 nitrogen and oxygen atoms in total. The van der Waals surface area contributed by atoms with Crippen LogP contribution in [0.3, 0.4) is 0 Å². The zero-order valence-electron chi connectivity index (χ0n) is 10.0. The number of esters is 1. The second kappa shape index (κ2) is 5.30. The van der Waals surface area contributed by atoms with Crippen LogP contribution in [0.1, 0.15) is 35.5 Å². The summed E-state index contributed by atoms with van der Waals surface area (Å²) in [7, 11) is 0. The van der Waals surface area contributed by atoms with Gasteiger partial charge in [0.25, 0.3) is 5.56 Å². The summed E-state index contributed by atoms with van der Waals surface area (Å²) < 4.78 is 5.04. The maximum atomic E-state index is 11.7. The van der Waals surface area contributed by atoms with Gasteiger partial charge in [-0.2, -0.15) is 5.26 Å². The smallest absolute Gasteiger partial charge is 0.339 e. The topological polar surface area (TPSA) is 83.0 Å². The highest BCUT2D eigenvalue weighted by molar-refractivity contribution is 5.90. The van der Waals surface area contributed by atoms with E-state index in [9.17, 15) is 9.59 Å². The molecule has 1 N–H and O–H groups in total. The molecule has 1 heterocycles. The third-order valence-electron chi connectivity index (χ3n) is 2.13. The first-order valence-electron chi connectivity index (χ1n) is 5.26. The number of carbonyl (C=O) groups excluding carboxylic acids is 1. The Bertz CT molecular complexity index is 524. The van der Waals surface area contributed by atoms with Crippen LogP contribution < -0.4 is 5.56 Å². The van der Waals surface area contributed by atoms with E-state index in [2.05, 4.69) is 4.98 Å². The number of hydrogen-bond donors (Lipinski definition) is 1. The first kappa shape index (κ1) is 13.0. The average molecular weight is 234 g/mol. The van der Waals surface area contributed by atoms with Gasteiger partial charge in [0, 0.05) is 5.69 Å². The van der Waals surface area contributed by atoms with E-state index in [-0.39, 0.29) is 17.0 Å². The lowest BCUT2D eigenvalue weighted by molar-refractivity contribution is 0.0457. The first-order chi connectivity index (χ1) is 7.95. The second-order valence-electron chi connectivity index (χ2n) is 4.15. The molecule has 0 aliphatic heterocycles. The molecule has 0 aliphatic rings. The van der Waals surface area contributed by atoms with E-state index in [0.29, 0.717) is 12.3 Å². The van der Waals surface area contributed by atoms with Crippen molar-refractivity contribution in [2.45, 2.75) is 20.8 Å². The molecule has 0 fully saturated rings. The van der Waals surface area contributed by atoms with Crippen LogP contribution in [-0.2, 0) is 4.74 Å². The fourth-order valence-electron chi connectivity index (χ4n) is 1.24. The summed E-state index contributed by atoms with van der Waals surface area (Å²) in [4.78, 5) is 25.4. The minimum atomic E-state index is -0.524. The van der Waals surface area contributed by atoms with Crippen LogP contribution in [0.25, 0.3) is 0 Å². The first-order valence-corrected chi connectivity index (χ1v) is 5.26. The van der Waals surface area contributed by atoms with E-state index in [1.807, 2.05) is 13.8 Å². The van der Waals surface area contributed by atoms with Crippen molar-refractivity contribution >= 4 is 5.97 Å². The van der Waals surface area contributed by atoms with Gasteiger partial charge in [0.15, 0.2) is 0 Å². The lowest BCUT2D eigenvalue weighted by Crippen LogP contribution is -2.18. The van der Waals surface area contributed by atoms with Gasteiger partial charge >= 0.3 is 5.97 Å². The predicted octanol–water partition coefficient (Wildman–Crippen LogP) is 1.37. The summed E-state index contributed by atoms with van der Waals surface area (Å²) in [6, 6.07) is 2.99. The van der Waals surface area contributed by atoms with Crippen molar-refractivity contribution in [3.8, 4) is 6.07 Å². The lowest BCUT2D eigenvalue weighted by Gasteiger charge is -2.08. The molecule has 0 aliphatic carbocycles. The molecular formula is C12H14N2O3. The molecule has 0 bridgehead atoms. The number of nitrogens with zero attached hydrogens (tertiary/aromatic N) is 1. The van der Waals surface area contributed by atoms with Crippen molar-refractivity contribution in [3.63, 3.8) is 0 Å². The van der Waals surface area contributed by atoms with Crippen LogP contribution in [-0.4, -0.2) is 17.6 Å². The standard InChI is InChI=1S/C12H14N2O3/c1-7(2)6-17-12(16)10-4-9(5-13)11(15)14-8(10)3/h4,7H,6H2,1-3H3,(H,14,15). The summed E-state index contributed by atoms with van der Waals surface area (Å²) in [5.41, 5.74) is 0.0436. The van der Waals surface area contributed by atoms with E-state index in [1.54, 1.807) is 13.0 Å². The largest absolute Gasteiger partial charge is 0.462 e. The average Bonchev–Trinajstić information content (AvgIpc) is 2.26. The van der Waals surface area contributed by atoms with Crippen molar-refractivity contribution < 1.29 is 9.53 Å². The Balaban J connectivity index is 3.02. The van der Waals surface area contributed by atoms with Crippen LogP contribution in [0.2, 0.25) is 0 Å². The summed E-state index contributed by atoms with van der Waals surface area (Å²) in [6.45, 7) is 5.75. The van der Waals surface area contributed by atoms with Crippen LogP contribution in [0, 0.1) is 24.2 Å². The Morgan fingerprint density at radius 1 is 1.59 bits per heavy atom. The zero-order valence-corrected chi connectivity index (χ0v) is 10.0. The van der Waals surface area contributed by atoms with Gasteiger partial charge in [-0.15, -0.1) is 0 Å². The Kier molecular flexibility index (Phi) is 4.05. The highest BCUT2D eigenvalue weighted by Gasteiger charge is 2.14. The van der Waals surface area contributed by atoms with Gasteiger partial charge in [0.05, 0.1) is 12.2 Å². The third-order valence-corrected chi connectivity index (χ3v) is 2.13. The summed E-state index contributed by atoms with van der Waals surface area (Å²) in [5.74, 6) is -0.290. The molecule has 1 aromatic heterocycles. The SMILES string of the molecule is Cc1[nH]c(=O)c(C#N)cc1C(=O)OCC(C)C. The van der Waals surface area contributed by atoms with Crippen molar-refractivity contribution in [1.82, 2.24) is 4.98 Å². The predicted molar refractivity (Wildman–Crippen MR) is 61.6 cm³/mol. The van der Waals surface area contributed by atoms with E-state index >= 15 is 0 Å². The number of nitriles is 1. The van der Waals surface area contributed by atoms with Crippen molar-refractivity contribution in [3.05, 3.63) is 33.2 Å². The molecule has 0 aromatic carbocycles. The number of aromatic nitrogens is 1. The Hall–Kier alpha value is -2.09. The number of ether oxygens (including phenoxy) is 1. The monoisotopic (exact) mass is 234 g/mol. The number of pyridine rings is 1. The Morgan fingerprint density at radius 3 is 2.76 bits per heavy atom. The van der Waals surface area contributed by atoms with Gasteiger partial charge in [-0.05, 0) is 18.9 Å². The number of rotatable bonds is 3. The van der Waals surface area contributed by atoms with Crippen LogP contribution >= 0.6 is 0 Å². The zero-order chi connectivity index (χ0) is 13.0. The molecule has 0 radical (unpaired) electrons. The van der Waals surface area contributed by atoms with Crippen LogP contribution in [0.5, 0.6) is 0 Å². The maximum absolute atomic E-state index is 11.7. The number of aromatic amines is 1. The van der Waals surface area contributed by atoms with E-state index in [4.69, 9.17) is 10.00 Å². The molecule has 1 rings (SSSR count). The van der Waals surface area contributed by atoms with Crippen molar-refractivity contribution in [2.24, 2.45) is 5.92 Å². The highest BCUT2D eigenvalue weighted by Crippen LogP contribution is 2.07. The van der Waals surface area contributed by atoms with Crippen molar-refractivity contribution in [2.75, 3.05) is 6.61 Å².